The lowest BCUT2D eigenvalue weighted by atomic mass is 10.0. The van der Waals surface area contributed by atoms with Gasteiger partial charge in [0.25, 0.3) is 5.56 Å². The van der Waals surface area contributed by atoms with Crippen LogP contribution < -0.4 is 5.56 Å². The molecule has 0 bridgehead atoms. The van der Waals surface area contributed by atoms with E-state index in [4.69, 9.17) is 0 Å². The summed E-state index contributed by atoms with van der Waals surface area (Å²) in [6.45, 7) is 4.50. The number of phenols is 1. The SMILES string of the molecule is CCn1c(-c2ccc(O)cc2C)cccc1=O. The molecule has 3 nitrogen and oxygen atoms in total. The Balaban J connectivity index is 2.68. The van der Waals surface area contributed by atoms with Crippen LogP contribution in [0.2, 0.25) is 0 Å². The molecule has 0 aliphatic heterocycles. The van der Waals surface area contributed by atoms with Crippen molar-refractivity contribution in [3.63, 3.8) is 0 Å². The first-order chi connectivity index (χ1) is 8.13. The summed E-state index contributed by atoms with van der Waals surface area (Å²) < 4.78 is 1.72. The average Bonchev–Trinajstić information content (AvgIpc) is 2.29. The minimum Gasteiger partial charge on any atom is -0.508 e. The predicted molar refractivity (Wildman–Crippen MR) is 68.2 cm³/mol. The smallest absolute Gasteiger partial charge is 0.250 e. The standard InChI is InChI=1S/C14H15NO2/c1-3-15-13(5-4-6-14(15)17)12-8-7-11(16)9-10(12)2/h4-9,16H,3H2,1-2H3. The van der Waals surface area contributed by atoms with Crippen molar-refractivity contribution in [2.75, 3.05) is 0 Å². The summed E-state index contributed by atoms with van der Waals surface area (Å²) in [5, 5.41) is 9.40. The lowest BCUT2D eigenvalue weighted by Gasteiger charge is -2.12. The first-order valence-electron chi connectivity index (χ1n) is 5.63. The van der Waals surface area contributed by atoms with Crippen molar-refractivity contribution in [3.8, 4) is 17.0 Å². The fourth-order valence-electron chi connectivity index (χ4n) is 2.02. The Bertz CT molecular complexity index is 599. The maximum Gasteiger partial charge on any atom is 0.250 e. The fourth-order valence-corrected chi connectivity index (χ4v) is 2.02. The molecule has 2 rings (SSSR count). The number of benzene rings is 1. The van der Waals surface area contributed by atoms with Crippen molar-refractivity contribution in [2.24, 2.45) is 0 Å². The van der Waals surface area contributed by atoms with E-state index in [1.165, 1.54) is 0 Å². The highest BCUT2D eigenvalue weighted by molar-refractivity contribution is 5.65. The number of aromatic nitrogens is 1. The molecule has 88 valence electrons. The molecule has 0 radical (unpaired) electrons. The molecule has 3 heteroatoms. The van der Waals surface area contributed by atoms with Crippen LogP contribution in [-0.2, 0) is 6.54 Å². The Labute approximate surface area is 100.0 Å². The van der Waals surface area contributed by atoms with Gasteiger partial charge in [-0.15, -0.1) is 0 Å². The van der Waals surface area contributed by atoms with Crippen LogP contribution in [-0.4, -0.2) is 9.67 Å². The summed E-state index contributed by atoms with van der Waals surface area (Å²) >= 11 is 0. The number of aryl methyl sites for hydroxylation is 1. The molecule has 0 spiro atoms. The van der Waals surface area contributed by atoms with Crippen molar-refractivity contribution in [3.05, 3.63) is 52.3 Å². The Morgan fingerprint density at radius 1 is 1.24 bits per heavy atom. The highest BCUT2D eigenvalue weighted by Gasteiger charge is 2.07. The second kappa shape index (κ2) is 4.45. The molecule has 1 aromatic heterocycles. The zero-order valence-electron chi connectivity index (χ0n) is 9.97. The van der Waals surface area contributed by atoms with Gasteiger partial charge in [-0.2, -0.15) is 0 Å². The van der Waals surface area contributed by atoms with E-state index in [2.05, 4.69) is 0 Å². The fraction of sp³-hybridized carbons (Fsp3) is 0.214. The van der Waals surface area contributed by atoms with Crippen LogP contribution in [0.4, 0.5) is 0 Å². The molecule has 1 aromatic carbocycles. The van der Waals surface area contributed by atoms with Gasteiger partial charge in [0, 0.05) is 18.2 Å². The summed E-state index contributed by atoms with van der Waals surface area (Å²) in [6, 6.07) is 10.4. The van der Waals surface area contributed by atoms with Crippen LogP contribution in [0.15, 0.2) is 41.2 Å². The van der Waals surface area contributed by atoms with Crippen molar-refractivity contribution < 1.29 is 5.11 Å². The van der Waals surface area contributed by atoms with Crippen LogP contribution >= 0.6 is 0 Å². The van der Waals surface area contributed by atoms with Crippen molar-refractivity contribution in [1.82, 2.24) is 4.57 Å². The number of aromatic hydroxyl groups is 1. The van der Waals surface area contributed by atoms with Gasteiger partial charge in [0.05, 0.1) is 5.69 Å². The average molecular weight is 229 g/mol. The molecular weight excluding hydrogens is 214 g/mol. The van der Waals surface area contributed by atoms with Gasteiger partial charge in [0.2, 0.25) is 0 Å². The van der Waals surface area contributed by atoms with Gasteiger partial charge in [-0.05, 0) is 43.7 Å². The van der Waals surface area contributed by atoms with Crippen molar-refractivity contribution >= 4 is 0 Å². The third-order valence-corrected chi connectivity index (χ3v) is 2.85. The summed E-state index contributed by atoms with van der Waals surface area (Å²) in [5.41, 5.74) is 2.81. The second-order valence-corrected chi connectivity index (χ2v) is 3.99. The lowest BCUT2D eigenvalue weighted by molar-refractivity contribution is 0.475. The van der Waals surface area contributed by atoms with Gasteiger partial charge in [0.1, 0.15) is 5.75 Å². The number of rotatable bonds is 2. The molecule has 2 aromatic rings. The Morgan fingerprint density at radius 2 is 2.00 bits per heavy atom. The van der Waals surface area contributed by atoms with E-state index in [0.29, 0.717) is 6.54 Å². The van der Waals surface area contributed by atoms with E-state index in [1.54, 1.807) is 28.8 Å². The Hall–Kier alpha value is -2.03. The quantitative estimate of drug-likeness (QED) is 0.859. The van der Waals surface area contributed by atoms with Crippen LogP contribution in [0.5, 0.6) is 5.75 Å². The van der Waals surface area contributed by atoms with Gasteiger partial charge in [-0.3, -0.25) is 4.79 Å². The van der Waals surface area contributed by atoms with Gasteiger partial charge in [0.15, 0.2) is 0 Å². The third-order valence-electron chi connectivity index (χ3n) is 2.85. The molecule has 0 saturated carbocycles. The third kappa shape index (κ3) is 2.09. The number of nitrogens with zero attached hydrogens (tertiary/aromatic N) is 1. The van der Waals surface area contributed by atoms with Crippen molar-refractivity contribution in [2.45, 2.75) is 20.4 Å². The maximum atomic E-state index is 11.7. The molecule has 0 atom stereocenters. The van der Waals surface area contributed by atoms with Crippen LogP contribution in [0.1, 0.15) is 12.5 Å². The Kier molecular flexibility index (Phi) is 3.00. The maximum absolute atomic E-state index is 11.7. The summed E-state index contributed by atoms with van der Waals surface area (Å²) in [6.07, 6.45) is 0. The van der Waals surface area contributed by atoms with Gasteiger partial charge >= 0.3 is 0 Å². The van der Waals surface area contributed by atoms with Crippen molar-refractivity contribution in [1.29, 1.82) is 0 Å². The molecular formula is C14H15NO2. The topological polar surface area (TPSA) is 42.2 Å². The van der Waals surface area contributed by atoms with E-state index in [0.717, 1.165) is 16.8 Å². The van der Waals surface area contributed by atoms with Gasteiger partial charge < -0.3 is 9.67 Å². The number of hydrogen-bond donors (Lipinski definition) is 1. The summed E-state index contributed by atoms with van der Waals surface area (Å²) in [4.78, 5) is 11.7. The molecule has 1 heterocycles. The molecule has 0 aliphatic carbocycles. The molecule has 1 N–H and O–H groups in total. The van der Waals surface area contributed by atoms with Gasteiger partial charge in [-0.1, -0.05) is 6.07 Å². The first-order valence-corrected chi connectivity index (χ1v) is 5.63. The van der Waals surface area contributed by atoms with E-state index < -0.39 is 0 Å². The summed E-state index contributed by atoms with van der Waals surface area (Å²) in [5.74, 6) is 0.243. The monoisotopic (exact) mass is 229 g/mol. The lowest BCUT2D eigenvalue weighted by Crippen LogP contribution is -2.19. The molecule has 0 aliphatic rings. The minimum absolute atomic E-state index is 0.00234. The second-order valence-electron chi connectivity index (χ2n) is 3.99. The number of pyridine rings is 1. The molecule has 0 fully saturated rings. The number of phenolic OH excluding ortho intramolecular Hbond substituents is 1. The van der Waals surface area contributed by atoms with E-state index >= 15 is 0 Å². The van der Waals surface area contributed by atoms with E-state index in [1.807, 2.05) is 26.0 Å². The zero-order valence-corrected chi connectivity index (χ0v) is 9.97. The van der Waals surface area contributed by atoms with Crippen LogP contribution in [0.3, 0.4) is 0 Å². The summed E-state index contributed by atoms with van der Waals surface area (Å²) in [7, 11) is 0. The largest absolute Gasteiger partial charge is 0.508 e. The Morgan fingerprint density at radius 3 is 2.65 bits per heavy atom. The van der Waals surface area contributed by atoms with Crippen LogP contribution in [0.25, 0.3) is 11.3 Å². The van der Waals surface area contributed by atoms with E-state index in [-0.39, 0.29) is 11.3 Å². The highest BCUT2D eigenvalue weighted by atomic mass is 16.3. The first kappa shape index (κ1) is 11.5. The molecule has 0 saturated heterocycles. The van der Waals surface area contributed by atoms with Gasteiger partial charge in [-0.25, -0.2) is 0 Å². The predicted octanol–water partition coefficient (Wildman–Crippen LogP) is 2.55. The molecule has 0 amide bonds. The molecule has 0 unspecified atom stereocenters. The zero-order chi connectivity index (χ0) is 12.4. The molecule has 17 heavy (non-hydrogen) atoms. The minimum atomic E-state index is -0.00234. The highest BCUT2D eigenvalue weighted by Crippen LogP contribution is 2.25. The van der Waals surface area contributed by atoms with Crippen LogP contribution in [0, 0.1) is 6.92 Å². The number of hydrogen-bond acceptors (Lipinski definition) is 2. The van der Waals surface area contributed by atoms with E-state index in [9.17, 15) is 9.90 Å². The normalized spacial score (nSPS) is 10.5.